The molecular weight excluding hydrogens is 250 g/mol. The SMILES string of the molecule is Cc1cc(NC(=O)CCc2cccc(Cl)c2)n[nH]1. The molecule has 2 aromatic rings. The molecule has 0 spiro atoms. The van der Waals surface area contributed by atoms with Crippen LogP contribution in [-0.4, -0.2) is 16.1 Å². The van der Waals surface area contributed by atoms with Crippen molar-refractivity contribution in [1.29, 1.82) is 0 Å². The minimum absolute atomic E-state index is 0.0542. The minimum atomic E-state index is -0.0542. The Morgan fingerprint density at radius 3 is 2.94 bits per heavy atom. The summed E-state index contributed by atoms with van der Waals surface area (Å²) in [5, 5.41) is 10.1. The Morgan fingerprint density at radius 2 is 2.28 bits per heavy atom. The number of anilines is 1. The highest BCUT2D eigenvalue weighted by molar-refractivity contribution is 6.30. The van der Waals surface area contributed by atoms with Gasteiger partial charge >= 0.3 is 0 Å². The number of amides is 1. The summed E-state index contributed by atoms with van der Waals surface area (Å²) in [4.78, 5) is 11.7. The first-order valence-corrected chi connectivity index (χ1v) is 6.07. The van der Waals surface area contributed by atoms with E-state index in [4.69, 9.17) is 11.6 Å². The molecule has 0 saturated carbocycles. The van der Waals surface area contributed by atoms with Gasteiger partial charge in [0.25, 0.3) is 0 Å². The van der Waals surface area contributed by atoms with Gasteiger partial charge in [0.2, 0.25) is 5.91 Å². The fraction of sp³-hybridized carbons (Fsp3) is 0.231. The maximum atomic E-state index is 11.7. The molecule has 4 nitrogen and oxygen atoms in total. The van der Waals surface area contributed by atoms with E-state index in [-0.39, 0.29) is 5.91 Å². The Balaban J connectivity index is 1.85. The molecular formula is C13H14ClN3O. The summed E-state index contributed by atoms with van der Waals surface area (Å²) >= 11 is 5.88. The van der Waals surface area contributed by atoms with Crippen molar-refractivity contribution in [2.75, 3.05) is 5.32 Å². The van der Waals surface area contributed by atoms with Crippen molar-refractivity contribution in [2.24, 2.45) is 0 Å². The molecule has 0 aliphatic carbocycles. The molecule has 5 heteroatoms. The molecule has 0 bridgehead atoms. The maximum Gasteiger partial charge on any atom is 0.225 e. The predicted molar refractivity (Wildman–Crippen MR) is 71.7 cm³/mol. The fourth-order valence-corrected chi connectivity index (χ4v) is 1.85. The zero-order valence-corrected chi connectivity index (χ0v) is 10.8. The van der Waals surface area contributed by atoms with E-state index < -0.39 is 0 Å². The van der Waals surface area contributed by atoms with E-state index in [1.807, 2.05) is 31.2 Å². The largest absolute Gasteiger partial charge is 0.309 e. The normalized spacial score (nSPS) is 10.3. The number of hydrogen-bond donors (Lipinski definition) is 2. The number of rotatable bonds is 4. The highest BCUT2D eigenvalue weighted by Crippen LogP contribution is 2.12. The number of aromatic nitrogens is 2. The number of nitrogens with zero attached hydrogens (tertiary/aromatic N) is 1. The van der Waals surface area contributed by atoms with E-state index in [1.165, 1.54) is 0 Å². The minimum Gasteiger partial charge on any atom is -0.309 e. The molecule has 1 amide bonds. The third-order valence-corrected chi connectivity index (χ3v) is 2.74. The number of aromatic amines is 1. The Labute approximate surface area is 110 Å². The number of carbonyl (C=O) groups is 1. The molecule has 1 aromatic carbocycles. The van der Waals surface area contributed by atoms with Crippen LogP contribution in [0.3, 0.4) is 0 Å². The fourth-order valence-electron chi connectivity index (χ4n) is 1.64. The second-order valence-corrected chi connectivity index (χ2v) is 4.55. The number of carbonyl (C=O) groups excluding carboxylic acids is 1. The van der Waals surface area contributed by atoms with E-state index in [2.05, 4.69) is 15.5 Å². The summed E-state index contributed by atoms with van der Waals surface area (Å²) in [7, 11) is 0. The van der Waals surface area contributed by atoms with E-state index in [0.717, 1.165) is 11.3 Å². The average Bonchev–Trinajstić information content (AvgIpc) is 2.72. The van der Waals surface area contributed by atoms with Gasteiger partial charge in [-0.05, 0) is 31.0 Å². The van der Waals surface area contributed by atoms with E-state index in [9.17, 15) is 4.79 Å². The lowest BCUT2D eigenvalue weighted by molar-refractivity contribution is -0.116. The highest BCUT2D eigenvalue weighted by atomic mass is 35.5. The lowest BCUT2D eigenvalue weighted by Gasteiger charge is -2.02. The van der Waals surface area contributed by atoms with Crippen molar-refractivity contribution in [1.82, 2.24) is 10.2 Å². The van der Waals surface area contributed by atoms with Crippen LogP contribution in [0.25, 0.3) is 0 Å². The second-order valence-electron chi connectivity index (χ2n) is 4.11. The summed E-state index contributed by atoms with van der Waals surface area (Å²) in [6.45, 7) is 1.88. The predicted octanol–water partition coefficient (Wildman–Crippen LogP) is 2.94. The van der Waals surface area contributed by atoms with Crippen LogP contribution in [0.2, 0.25) is 5.02 Å². The molecule has 94 valence electrons. The zero-order chi connectivity index (χ0) is 13.0. The first kappa shape index (κ1) is 12.6. The molecule has 18 heavy (non-hydrogen) atoms. The quantitative estimate of drug-likeness (QED) is 0.891. The van der Waals surface area contributed by atoms with Gasteiger partial charge in [-0.2, -0.15) is 5.10 Å². The van der Waals surface area contributed by atoms with Crippen molar-refractivity contribution in [3.05, 3.63) is 46.6 Å². The van der Waals surface area contributed by atoms with Gasteiger partial charge in [-0.3, -0.25) is 9.89 Å². The second kappa shape index (κ2) is 5.69. The van der Waals surface area contributed by atoms with Gasteiger partial charge in [-0.25, -0.2) is 0 Å². The van der Waals surface area contributed by atoms with Crippen molar-refractivity contribution >= 4 is 23.3 Å². The number of nitrogens with one attached hydrogen (secondary N) is 2. The Morgan fingerprint density at radius 1 is 1.44 bits per heavy atom. The molecule has 0 unspecified atom stereocenters. The van der Waals surface area contributed by atoms with Crippen molar-refractivity contribution in [3.63, 3.8) is 0 Å². The number of hydrogen-bond acceptors (Lipinski definition) is 2. The molecule has 0 aliphatic heterocycles. The summed E-state index contributed by atoms with van der Waals surface area (Å²) in [5.41, 5.74) is 1.97. The van der Waals surface area contributed by atoms with Gasteiger partial charge in [0.15, 0.2) is 5.82 Å². The summed E-state index contributed by atoms with van der Waals surface area (Å²) in [6, 6.07) is 9.31. The number of aryl methyl sites for hydroxylation is 2. The van der Waals surface area contributed by atoms with Crippen molar-refractivity contribution in [2.45, 2.75) is 19.8 Å². The first-order valence-electron chi connectivity index (χ1n) is 5.70. The van der Waals surface area contributed by atoms with Crippen LogP contribution >= 0.6 is 11.6 Å². The topological polar surface area (TPSA) is 57.8 Å². The molecule has 0 atom stereocenters. The standard InChI is InChI=1S/C13H14ClN3O/c1-9-7-12(17-16-9)15-13(18)6-5-10-3-2-4-11(14)8-10/h2-4,7-8H,5-6H2,1H3,(H2,15,16,17,18). The monoisotopic (exact) mass is 263 g/mol. The summed E-state index contributed by atoms with van der Waals surface area (Å²) in [6.07, 6.45) is 1.07. The van der Waals surface area contributed by atoms with Crippen molar-refractivity contribution in [3.8, 4) is 0 Å². The first-order chi connectivity index (χ1) is 8.63. The molecule has 2 rings (SSSR count). The molecule has 0 saturated heterocycles. The third kappa shape index (κ3) is 3.60. The number of halogens is 1. The van der Waals surface area contributed by atoms with Crippen LogP contribution in [0, 0.1) is 6.92 Å². The van der Waals surface area contributed by atoms with Gasteiger partial charge in [-0.1, -0.05) is 23.7 Å². The Bertz CT molecular complexity index is 551. The molecule has 2 N–H and O–H groups in total. The van der Waals surface area contributed by atoms with E-state index in [1.54, 1.807) is 6.07 Å². The van der Waals surface area contributed by atoms with Crippen LogP contribution in [0.4, 0.5) is 5.82 Å². The smallest absolute Gasteiger partial charge is 0.225 e. The van der Waals surface area contributed by atoms with Crippen LogP contribution < -0.4 is 5.32 Å². The van der Waals surface area contributed by atoms with Gasteiger partial charge in [0.05, 0.1) is 0 Å². The van der Waals surface area contributed by atoms with Crippen LogP contribution in [-0.2, 0) is 11.2 Å². The van der Waals surface area contributed by atoms with Gasteiger partial charge in [0, 0.05) is 23.2 Å². The number of H-pyrrole nitrogens is 1. The lowest BCUT2D eigenvalue weighted by atomic mass is 10.1. The number of benzene rings is 1. The third-order valence-electron chi connectivity index (χ3n) is 2.50. The van der Waals surface area contributed by atoms with Crippen LogP contribution in [0.5, 0.6) is 0 Å². The van der Waals surface area contributed by atoms with Crippen LogP contribution in [0.1, 0.15) is 17.7 Å². The van der Waals surface area contributed by atoms with Crippen molar-refractivity contribution < 1.29 is 4.79 Å². The zero-order valence-electron chi connectivity index (χ0n) is 10.0. The molecule has 0 aliphatic rings. The molecule has 1 heterocycles. The maximum absolute atomic E-state index is 11.7. The van der Waals surface area contributed by atoms with Gasteiger partial charge in [-0.15, -0.1) is 0 Å². The summed E-state index contributed by atoms with van der Waals surface area (Å²) in [5.74, 6) is 0.505. The molecule has 0 radical (unpaired) electrons. The highest BCUT2D eigenvalue weighted by Gasteiger charge is 2.05. The molecule has 1 aromatic heterocycles. The Hall–Kier alpha value is -1.81. The lowest BCUT2D eigenvalue weighted by Crippen LogP contribution is -2.12. The van der Waals surface area contributed by atoms with Gasteiger partial charge in [0.1, 0.15) is 0 Å². The van der Waals surface area contributed by atoms with Gasteiger partial charge < -0.3 is 5.32 Å². The van der Waals surface area contributed by atoms with E-state index >= 15 is 0 Å². The summed E-state index contributed by atoms with van der Waals surface area (Å²) < 4.78 is 0. The van der Waals surface area contributed by atoms with Crippen LogP contribution in [0.15, 0.2) is 30.3 Å². The average molecular weight is 264 g/mol. The van der Waals surface area contributed by atoms with E-state index in [0.29, 0.717) is 23.7 Å². The molecule has 0 fully saturated rings. The Kier molecular flexibility index (Phi) is 3.99.